The first-order valence-corrected chi connectivity index (χ1v) is 8.91. The largest absolute Gasteiger partial charge is 0.463 e. The van der Waals surface area contributed by atoms with Gasteiger partial charge in [0.15, 0.2) is 0 Å². The number of ketones is 1. The number of nitrogens with zero attached hydrogens (tertiary/aromatic N) is 3. The first kappa shape index (κ1) is 19.9. The number of hydrogen-bond acceptors (Lipinski definition) is 6. The number of Topliss-reactive ketones (excluding diaryl/α,β-unsaturated/α-hetero) is 1. The number of pyridine rings is 1. The zero-order valence-corrected chi connectivity index (χ0v) is 16.0. The van der Waals surface area contributed by atoms with Crippen molar-refractivity contribution in [2.24, 2.45) is 7.05 Å². The average Bonchev–Trinajstić information content (AvgIpc) is 3.15. The molecule has 2 heterocycles. The first-order chi connectivity index (χ1) is 14.0. The smallest absolute Gasteiger partial charge is 0.376 e. The van der Waals surface area contributed by atoms with Gasteiger partial charge in [-0.05, 0) is 17.7 Å². The summed E-state index contributed by atoms with van der Waals surface area (Å²) in [5.74, 6) is -2.37. The number of aryl methyl sites for hydroxylation is 1. The fraction of sp³-hybridized carbons (Fsp3) is 0.190. The predicted octanol–water partition coefficient (Wildman–Crippen LogP) is 1.57. The molecule has 3 rings (SSSR count). The van der Waals surface area contributed by atoms with E-state index in [1.165, 1.54) is 4.68 Å². The summed E-state index contributed by atoms with van der Waals surface area (Å²) in [6.07, 6.45) is 3.30. The quantitative estimate of drug-likeness (QED) is 0.484. The van der Waals surface area contributed by atoms with Crippen molar-refractivity contribution >= 4 is 17.7 Å². The van der Waals surface area contributed by atoms with Crippen molar-refractivity contribution < 1.29 is 19.1 Å². The van der Waals surface area contributed by atoms with Crippen LogP contribution in [0.25, 0.3) is 11.4 Å². The Balaban J connectivity index is 1.89. The Morgan fingerprint density at radius 3 is 2.48 bits per heavy atom. The Labute approximate surface area is 167 Å². The minimum atomic E-state index is -1.07. The summed E-state index contributed by atoms with van der Waals surface area (Å²) in [6, 6.07) is 13.3. The number of carbonyl (C=O) groups is 3. The molecule has 8 nitrogen and oxygen atoms in total. The van der Waals surface area contributed by atoms with E-state index in [0.717, 1.165) is 12.7 Å². The molecule has 1 unspecified atom stereocenters. The SMILES string of the molecule is COC(=O)C(=O)C(Cc1ccccc1)NC(=O)c1cn(C)nc1-c1ccccn1. The third kappa shape index (κ3) is 4.73. The number of esters is 1. The van der Waals surface area contributed by atoms with Crippen molar-refractivity contribution in [3.05, 3.63) is 72.1 Å². The van der Waals surface area contributed by atoms with E-state index in [2.05, 4.69) is 20.1 Å². The summed E-state index contributed by atoms with van der Waals surface area (Å²) in [7, 11) is 2.81. The lowest BCUT2D eigenvalue weighted by Gasteiger charge is -2.16. The molecule has 0 spiro atoms. The molecule has 0 aliphatic carbocycles. The maximum Gasteiger partial charge on any atom is 0.376 e. The van der Waals surface area contributed by atoms with Crippen LogP contribution in [0.4, 0.5) is 0 Å². The maximum atomic E-state index is 13.0. The Morgan fingerprint density at radius 1 is 1.10 bits per heavy atom. The number of carbonyl (C=O) groups excluding carboxylic acids is 3. The Kier molecular flexibility index (Phi) is 6.13. The number of aromatic nitrogens is 3. The van der Waals surface area contributed by atoms with Gasteiger partial charge in [-0.3, -0.25) is 19.3 Å². The van der Waals surface area contributed by atoms with Crippen molar-refractivity contribution in [2.45, 2.75) is 12.5 Å². The predicted molar refractivity (Wildman–Crippen MR) is 105 cm³/mol. The van der Waals surface area contributed by atoms with E-state index >= 15 is 0 Å². The van der Waals surface area contributed by atoms with Crippen LogP contribution in [0.2, 0.25) is 0 Å². The van der Waals surface area contributed by atoms with E-state index < -0.39 is 23.7 Å². The number of nitrogens with one attached hydrogen (secondary N) is 1. The zero-order valence-electron chi connectivity index (χ0n) is 16.0. The van der Waals surface area contributed by atoms with Gasteiger partial charge in [0.1, 0.15) is 11.7 Å². The molecule has 29 heavy (non-hydrogen) atoms. The Morgan fingerprint density at radius 2 is 1.83 bits per heavy atom. The number of benzene rings is 1. The lowest BCUT2D eigenvalue weighted by atomic mass is 10.0. The molecule has 0 aliphatic rings. The van der Waals surface area contributed by atoms with Gasteiger partial charge in [-0.2, -0.15) is 5.10 Å². The second kappa shape index (κ2) is 8.92. The van der Waals surface area contributed by atoms with E-state index in [9.17, 15) is 14.4 Å². The van der Waals surface area contributed by atoms with Crippen LogP contribution >= 0.6 is 0 Å². The zero-order chi connectivity index (χ0) is 20.8. The molecule has 148 valence electrons. The second-order valence-electron chi connectivity index (χ2n) is 6.35. The fourth-order valence-electron chi connectivity index (χ4n) is 2.88. The Hall–Kier alpha value is -3.81. The number of hydrogen-bond donors (Lipinski definition) is 1. The summed E-state index contributed by atoms with van der Waals surface area (Å²) in [5.41, 5.74) is 1.96. The molecule has 0 aliphatic heterocycles. The lowest BCUT2D eigenvalue weighted by Crippen LogP contribution is -2.45. The Bertz CT molecular complexity index is 1020. The summed E-state index contributed by atoms with van der Waals surface area (Å²) in [5, 5.41) is 6.96. The molecule has 1 amide bonds. The van der Waals surface area contributed by atoms with Crippen molar-refractivity contribution in [1.82, 2.24) is 20.1 Å². The average molecular weight is 392 g/mol. The lowest BCUT2D eigenvalue weighted by molar-refractivity contribution is -0.152. The summed E-state index contributed by atoms with van der Waals surface area (Å²) in [4.78, 5) is 41.5. The molecule has 1 atom stereocenters. The molecular weight excluding hydrogens is 372 g/mol. The highest BCUT2D eigenvalue weighted by atomic mass is 16.5. The fourth-order valence-corrected chi connectivity index (χ4v) is 2.88. The molecule has 0 fully saturated rings. The van der Waals surface area contributed by atoms with Gasteiger partial charge in [0.2, 0.25) is 0 Å². The highest BCUT2D eigenvalue weighted by Crippen LogP contribution is 2.19. The van der Waals surface area contributed by atoms with E-state index in [0.29, 0.717) is 11.4 Å². The highest BCUT2D eigenvalue weighted by Gasteiger charge is 2.29. The second-order valence-corrected chi connectivity index (χ2v) is 6.35. The van der Waals surface area contributed by atoms with Gasteiger partial charge >= 0.3 is 5.97 Å². The van der Waals surface area contributed by atoms with Crippen LogP contribution in [-0.2, 0) is 27.8 Å². The number of ether oxygens (including phenoxy) is 1. The van der Waals surface area contributed by atoms with Crippen LogP contribution in [0.15, 0.2) is 60.9 Å². The molecule has 2 aromatic heterocycles. The topological polar surface area (TPSA) is 103 Å². The standard InChI is InChI=1S/C21H20N4O4/c1-25-13-15(18(24-25)16-10-6-7-11-22-16)20(27)23-17(19(26)21(28)29-2)12-14-8-4-3-5-9-14/h3-11,13,17H,12H2,1-2H3,(H,23,27). The molecule has 1 N–H and O–H groups in total. The van der Waals surface area contributed by atoms with Crippen molar-refractivity contribution in [3.63, 3.8) is 0 Å². The van der Waals surface area contributed by atoms with Gasteiger partial charge in [-0.15, -0.1) is 0 Å². The van der Waals surface area contributed by atoms with Crippen LogP contribution in [0.3, 0.4) is 0 Å². The van der Waals surface area contributed by atoms with Gasteiger partial charge in [0, 0.05) is 25.9 Å². The summed E-state index contributed by atoms with van der Waals surface area (Å²) in [6.45, 7) is 0. The molecule has 0 bridgehead atoms. The molecule has 0 saturated carbocycles. The van der Waals surface area contributed by atoms with Crippen LogP contribution in [0.5, 0.6) is 0 Å². The monoisotopic (exact) mass is 392 g/mol. The van der Waals surface area contributed by atoms with Crippen molar-refractivity contribution in [3.8, 4) is 11.4 Å². The van der Waals surface area contributed by atoms with Crippen LogP contribution in [0, 0.1) is 0 Å². The van der Waals surface area contributed by atoms with E-state index in [1.807, 2.05) is 30.3 Å². The molecule has 0 saturated heterocycles. The van der Waals surface area contributed by atoms with Gasteiger partial charge in [-0.1, -0.05) is 36.4 Å². The van der Waals surface area contributed by atoms with Crippen molar-refractivity contribution in [1.29, 1.82) is 0 Å². The molecule has 1 aromatic carbocycles. The van der Waals surface area contributed by atoms with Crippen LogP contribution < -0.4 is 5.32 Å². The number of rotatable bonds is 7. The van der Waals surface area contributed by atoms with Crippen molar-refractivity contribution in [2.75, 3.05) is 7.11 Å². The summed E-state index contributed by atoms with van der Waals surface area (Å²) < 4.78 is 6.04. The van der Waals surface area contributed by atoms with E-state index in [-0.39, 0.29) is 12.0 Å². The number of amides is 1. The normalized spacial score (nSPS) is 11.5. The molecular formula is C21H20N4O4. The molecule has 0 radical (unpaired) electrons. The third-order valence-electron chi connectivity index (χ3n) is 4.27. The maximum absolute atomic E-state index is 13.0. The minimum absolute atomic E-state index is 0.152. The number of methoxy groups -OCH3 is 1. The summed E-state index contributed by atoms with van der Waals surface area (Å²) >= 11 is 0. The van der Waals surface area contributed by atoms with E-state index in [1.54, 1.807) is 37.6 Å². The minimum Gasteiger partial charge on any atom is -0.463 e. The van der Waals surface area contributed by atoms with Gasteiger partial charge in [0.25, 0.3) is 11.7 Å². The van der Waals surface area contributed by atoms with Gasteiger partial charge in [-0.25, -0.2) is 4.79 Å². The first-order valence-electron chi connectivity index (χ1n) is 8.91. The van der Waals surface area contributed by atoms with Crippen LogP contribution in [0.1, 0.15) is 15.9 Å². The van der Waals surface area contributed by atoms with Gasteiger partial charge in [0.05, 0.1) is 18.4 Å². The van der Waals surface area contributed by atoms with Gasteiger partial charge < -0.3 is 10.1 Å². The van der Waals surface area contributed by atoms with Crippen LogP contribution in [-0.4, -0.2) is 45.6 Å². The van der Waals surface area contributed by atoms with E-state index in [4.69, 9.17) is 0 Å². The highest BCUT2D eigenvalue weighted by molar-refractivity contribution is 6.36. The molecule has 8 heteroatoms. The molecule has 3 aromatic rings. The third-order valence-corrected chi connectivity index (χ3v) is 4.27.